The van der Waals surface area contributed by atoms with Gasteiger partial charge in [-0.25, -0.2) is 5.43 Å². The number of nitrogens with zero attached hydrogens (tertiary/aromatic N) is 3. The third-order valence-corrected chi connectivity index (χ3v) is 5.42. The lowest BCUT2D eigenvalue weighted by atomic mass is 9.96. The summed E-state index contributed by atoms with van der Waals surface area (Å²) in [4.78, 5) is 24.9. The number of hydrogen-bond acceptors (Lipinski definition) is 5. The van der Waals surface area contributed by atoms with E-state index in [1.54, 1.807) is 30.3 Å². The average Bonchev–Trinajstić information content (AvgIpc) is 2.70. The molecule has 1 aliphatic rings. The molecule has 9 heteroatoms. The first-order chi connectivity index (χ1) is 13.9. The summed E-state index contributed by atoms with van der Waals surface area (Å²) in [7, 11) is 0. The van der Waals surface area contributed by atoms with Crippen LogP contribution in [-0.4, -0.2) is 35.0 Å². The number of nitrogens with one attached hydrogen (secondary N) is 1. The van der Waals surface area contributed by atoms with Gasteiger partial charge in [0.1, 0.15) is 0 Å². The van der Waals surface area contributed by atoms with E-state index in [-0.39, 0.29) is 17.5 Å². The number of carbonyl (C=O) groups is 1. The number of hydrogen-bond donors (Lipinski definition) is 1. The van der Waals surface area contributed by atoms with Gasteiger partial charge in [-0.05, 0) is 43.6 Å². The van der Waals surface area contributed by atoms with Gasteiger partial charge in [0, 0.05) is 35.2 Å². The summed E-state index contributed by atoms with van der Waals surface area (Å²) in [6, 6.07) is 11.6. The van der Waals surface area contributed by atoms with Crippen molar-refractivity contribution in [2.24, 2.45) is 11.0 Å². The van der Waals surface area contributed by atoms with E-state index in [1.165, 1.54) is 18.3 Å². The highest BCUT2D eigenvalue weighted by Crippen LogP contribution is 2.21. The molecule has 1 N–H and O–H groups in total. The Balaban J connectivity index is 1.45. The molecule has 1 saturated heterocycles. The number of nitro benzene ring substituents is 1. The molecule has 3 rings (SSSR count). The van der Waals surface area contributed by atoms with Gasteiger partial charge in [0.25, 0.3) is 5.69 Å². The highest BCUT2D eigenvalue weighted by Gasteiger charge is 2.24. The maximum absolute atomic E-state index is 12.3. The minimum absolute atomic E-state index is 0.0876. The van der Waals surface area contributed by atoms with Crippen LogP contribution >= 0.6 is 23.2 Å². The van der Waals surface area contributed by atoms with Crippen LogP contribution < -0.4 is 5.43 Å². The fraction of sp³-hybridized carbons (Fsp3) is 0.300. The van der Waals surface area contributed by atoms with Gasteiger partial charge in [0.2, 0.25) is 5.91 Å². The number of carbonyl (C=O) groups excluding carboxylic acids is 1. The Kier molecular flexibility index (Phi) is 7.19. The smallest absolute Gasteiger partial charge is 0.269 e. The van der Waals surface area contributed by atoms with Crippen molar-refractivity contribution >= 4 is 41.0 Å². The normalized spacial score (nSPS) is 15.5. The van der Waals surface area contributed by atoms with E-state index >= 15 is 0 Å². The van der Waals surface area contributed by atoms with Crippen LogP contribution in [0.15, 0.2) is 47.6 Å². The minimum Gasteiger partial charge on any atom is -0.299 e. The van der Waals surface area contributed by atoms with Crippen molar-refractivity contribution in [1.82, 2.24) is 10.3 Å². The highest BCUT2D eigenvalue weighted by molar-refractivity contribution is 6.36. The lowest BCUT2D eigenvalue weighted by Gasteiger charge is -2.30. The third kappa shape index (κ3) is 6.00. The van der Waals surface area contributed by atoms with E-state index < -0.39 is 4.92 Å². The molecular weight excluding hydrogens is 415 g/mol. The summed E-state index contributed by atoms with van der Waals surface area (Å²) in [6.07, 6.45) is 2.96. The highest BCUT2D eigenvalue weighted by atomic mass is 35.5. The molecule has 0 radical (unpaired) electrons. The van der Waals surface area contributed by atoms with Crippen LogP contribution in [0.25, 0.3) is 0 Å². The zero-order valence-corrected chi connectivity index (χ0v) is 17.1. The molecular formula is C20H20Cl2N4O3. The molecule has 1 amide bonds. The van der Waals surface area contributed by atoms with Crippen LogP contribution in [0, 0.1) is 16.0 Å². The lowest BCUT2D eigenvalue weighted by Crippen LogP contribution is -2.39. The topological polar surface area (TPSA) is 87.8 Å². The zero-order valence-electron chi connectivity index (χ0n) is 15.6. The molecule has 2 aromatic carbocycles. The molecule has 0 unspecified atom stereocenters. The molecule has 152 valence electrons. The molecule has 0 aromatic heterocycles. The first-order valence-electron chi connectivity index (χ1n) is 9.16. The van der Waals surface area contributed by atoms with E-state index in [0.717, 1.165) is 31.5 Å². The van der Waals surface area contributed by atoms with Gasteiger partial charge >= 0.3 is 0 Å². The second-order valence-electron chi connectivity index (χ2n) is 6.87. The fourth-order valence-corrected chi connectivity index (χ4v) is 3.65. The molecule has 0 aliphatic carbocycles. The summed E-state index contributed by atoms with van der Waals surface area (Å²) in [5, 5.41) is 15.7. The maximum atomic E-state index is 12.3. The SMILES string of the molecule is O=C(N/N=C/c1ccc(Cl)cc1Cl)C1CCN(Cc2ccc([N+](=O)[O-])cc2)CC1. The van der Waals surface area contributed by atoms with E-state index in [0.29, 0.717) is 22.2 Å². The molecule has 0 bridgehead atoms. The van der Waals surface area contributed by atoms with Gasteiger partial charge in [0.05, 0.1) is 16.2 Å². The Hall–Kier alpha value is -2.48. The van der Waals surface area contributed by atoms with Gasteiger partial charge in [-0.15, -0.1) is 0 Å². The van der Waals surface area contributed by atoms with Gasteiger partial charge in [0.15, 0.2) is 0 Å². The van der Waals surface area contributed by atoms with E-state index in [4.69, 9.17) is 23.2 Å². The molecule has 2 aromatic rings. The molecule has 1 fully saturated rings. The van der Waals surface area contributed by atoms with E-state index in [2.05, 4.69) is 15.4 Å². The van der Waals surface area contributed by atoms with Gasteiger partial charge in [-0.1, -0.05) is 41.4 Å². The van der Waals surface area contributed by atoms with E-state index in [1.807, 2.05) is 0 Å². The van der Waals surface area contributed by atoms with E-state index in [9.17, 15) is 14.9 Å². The van der Waals surface area contributed by atoms with Crippen LogP contribution in [0.3, 0.4) is 0 Å². The zero-order chi connectivity index (χ0) is 20.8. The van der Waals surface area contributed by atoms with Crippen molar-refractivity contribution in [1.29, 1.82) is 0 Å². The quantitative estimate of drug-likeness (QED) is 0.417. The molecule has 0 atom stereocenters. The summed E-state index contributed by atoms with van der Waals surface area (Å²) in [5.41, 5.74) is 4.36. The van der Waals surface area contributed by atoms with Crippen molar-refractivity contribution in [3.05, 3.63) is 73.8 Å². The predicted octanol–water partition coefficient (Wildman–Crippen LogP) is 4.26. The monoisotopic (exact) mass is 434 g/mol. The third-order valence-electron chi connectivity index (χ3n) is 4.85. The number of hydrazone groups is 1. The molecule has 0 spiro atoms. The number of nitro groups is 1. The predicted molar refractivity (Wildman–Crippen MR) is 113 cm³/mol. The van der Waals surface area contributed by atoms with Crippen molar-refractivity contribution < 1.29 is 9.72 Å². The molecule has 1 heterocycles. The Morgan fingerprint density at radius 3 is 2.52 bits per heavy atom. The van der Waals surface area contributed by atoms with Crippen LogP contribution in [-0.2, 0) is 11.3 Å². The van der Waals surface area contributed by atoms with Crippen molar-refractivity contribution in [2.45, 2.75) is 19.4 Å². The molecule has 1 aliphatic heterocycles. The van der Waals surface area contributed by atoms with Crippen molar-refractivity contribution in [3.63, 3.8) is 0 Å². The Morgan fingerprint density at radius 1 is 1.21 bits per heavy atom. The van der Waals surface area contributed by atoms with Gasteiger partial charge < -0.3 is 0 Å². The summed E-state index contributed by atoms with van der Waals surface area (Å²) < 4.78 is 0. The maximum Gasteiger partial charge on any atom is 0.269 e. The summed E-state index contributed by atoms with van der Waals surface area (Å²) >= 11 is 11.9. The number of halogens is 2. The van der Waals surface area contributed by atoms with Gasteiger partial charge in [-0.3, -0.25) is 19.8 Å². The average molecular weight is 435 g/mol. The molecule has 0 saturated carbocycles. The number of rotatable bonds is 6. The fourth-order valence-electron chi connectivity index (χ4n) is 3.20. The Morgan fingerprint density at radius 2 is 1.90 bits per heavy atom. The first kappa shape index (κ1) is 21.2. The largest absolute Gasteiger partial charge is 0.299 e. The van der Waals surface area contributed by atoms with Crippen molar-refractivity contribution in [3.8, 4) is 0 Å². The summed E-state index contributed by atoms with van der Waals surface area (Å²) in [5.74, 6) is -0.206. The standard InChI is InChI=1S/C20H20Cl2N4O3/c21-17-4-3-16(19(22)11-17)12-23-24-20(27)15-7-9-25(10-8-15)13-14-1-5-18(6-2-14)26(28)29/h1-6,11-12,15H,7-10,13H2,(H,24,27)/b23-12+. The number of amides is 1. The molecule has 7 nitrogen and oxygen atoms in total. The second-order valence-corrected chi connectivity index (χ2v) is 7.72. The van der Waals surface area contributed by atoms with Crippen LogP contribution in [0.1, 0.15) is 24.0 Å². The number of non-ortho nitro benzene ring substituents is 1. The lowest BCUT2D eigenvalue weighted by molar-refractivity contribution is -0.384. The second kappa shape index (κ2) is 9.82. The Bertz CT molecular complexity index is 910. The number of piperidine rings is 1. The minimum atomic E-state index is -0.406. The van der Waals surface area contributed by atoms with Crippen LogP contribution in [0.5, 0.6) is 0 Å². The summed E-state index contributed by atoms with van der Waals surface area (Å²) in [6.45, 7) is 2.27. The van der Waals surface area contributed by atoms with Crippen molar-refractivity contribution in [2.75, 3.05) is 13.1 Å². The van der Waals surface area contributed by atoms with Crippen LogP contribution in [0.2, 0.25) is 10.0 Å². The van der Waals surface area contributed by atoms with Gasteiger partial charge in [-0.2, -0.15) is 5.10 Å². The Labute approximate surface area is 178 Å². The molecule has 29 heavy (non-hydrogen) atoms. The first-order valence-corrected chi connectivity index (χ1v) is 9.91. The number of benzene rings is 2. The van der Waals surface area contributed by atoms with Crippen LogP contribution in [0.4, 0.5) is 5.69 Å². The number of likely N-dealkylation sites (tertiary alicyclic amines) is 1.